The van der Waals surface area contributed by atoms with Crippen molar-refractivity contribution in [2.75, 3.05) is 5.32 Å². The molecule has 0 saturated heterocycles. The number of hydrogen-bond acceptors (Lipinski definition) is 2. The van der Waals surface area contributed by atoms with Crippen LogP contribution >= 0.6 is 0 Å². The third-order valence-electron chi connectivity index (χ3n) is 4.09. The average Bonchev–Trinajstić information content (AvgIpc) is 2.82. The van der Waals surface area contributed by atoms with Crippen LogP contribution in [-0.2, 0) is 11.2 Å². The number of carbonyl (C=O) groups is 1. The molecule has 108 valence electrons. The number of carbonyl (C=O) groups excluding carboxylic acids is 1. The van der Waals surface area contributed by atoms with E-state index < -0.39 is 6.10 Å². The van der Waals surface area contributed by atoms with Gasteiger partial charge in [0.25, 0.3) is 0 Å². The molecule has 2 unspecified atom stereocenters. The molecule has 0 aliphatic carbocycles. The summed E-state index contributed by atoms with van der Waals surface area (Å²) in [7, 11) is 0. The first kappa shape index (κ1) is 13.8. The maximum Gasteiger partial charge on any atom is 0.231 e. The monoisotopic (exact) mass is 281 g/mol. The van der Waals surface area contributed by atoms with E-state index in [1.165, 1.54) is 0 Å². The van der Waals surface area contributed by atoms with E-state index in [1.807, 2.05) is 55.5 Å². The van der Waals surface area contributed by atoms with Gasteiger partial charge in [0.05, 0.1) is 12.0 Å². The van der Waals surface area contributed by atoms with Gasteiger partial charge in [0.1, 0.15) is 0 Å². The molecule has 21 heavy (non-hydrogen) atoms. The molecule has 0 bridgehead atoms. The zero-order valence-electron chi connectivity index (χ0n) is 12.0. The second-order valence-corrected chi connectivity index (χ2v) is 5.50. The van der Waals surface area contributed by atoms with Gasteiger partial charge in [-0.2, -0.15) is 0 Å². The number of rotatable bonds is 4. The summed E-state index contributed by atoms with van der Waals surface area (Å²) in [5, 5.41) is 13.3. The Hall–Kier alpha value is -2.13. The minimum Gasteiger partial charge on any atom is -0.388 e. The highest BCUT2D eigenvalue weighted by molar-refractivity contribution is 6.02. The molecule has 0 aromatic heterocycles. The summed E-state index contributed by atoms with van der Waals surface area (Å²) in [6, 6.07) is 15.7. The van der Waals surface area contributed by atoms with Crippen LogP contribution in [0.1, 0.15) is 42.1 Å². The van der Waals surface area contributed by atoms with Crippen molar-refractivity contribution in [2.24, 2.45) is 0 Å². The third kappa shape index (κ3) is 2.69. The first-order chi connectivity index (χ1) is 10.2. The molecule has 0 saturated carbocycles. The Morgan fingerprint density at radius 3 is 2.67 bits per heavy atom. The van der Waals surface area contributed by atoms with Gasteiger partial charge in [-0.3, -0.25) is 4.79 Å². The fourth-order valence-electron chi connectivity index (χ4n) is 2.91. The van der Waals surface area contributed by atoms with Gasteiger partial charge in [0.2, 0.25) is 5.91 Å². The number of aliphatic hydroxyl groups is 1. The van der Waals surface area contributed by atoms with Crippen LogP contribution in [0.5, 0.6) is 0 Å². The van der Waals surface area contributed by atoms with Gasteiger partial charge in [0, 0.05) is 12.1 Å². The van der Waals surface area contributed by atoms with Crippen molar-refractivity contribution in [3.8, 4) is 0 Å². The Balaban J connectivity index is 1.84. The number of hydrogen-bond donors (Lipinski definition) is 2. The molecule has 2 atom stereocenters. The van der Waals surface area contributed by atoms with Crippen LogP contribution in [0.2, 0.25) is 0 Å². The van der Waals surface area contributed by atoms with Crippen LogP contribution in [0.25, 0.3) is 0 Å². The van der Waals surface area contributed by atoms with Gasteiger partial charge in [-0.1, -0.05) is 49.4 Å². The van der Waals surface area contributed by atoms with Crippen molar-refractivity contribution in [1.29, 1.82) is 0 Å². The second kappa shape index (κ2) is 5.70. The molecule has 1 heterocycles. The van der Waals surface area contributed by atoms with Crippen molar-refractivity contribution in [2.45, 2.75) is 31.8 Å². The molecule has 3 rings (SSSR count). The highest BCUT2D eigenvalue weighted by atomic mass is 16.3. The molecule has 2 N–H and O–H groups in total. The van der Waals surface area contributed by atoms with E-state index in [1.54, 1.807) is 0 Å². The van der Waals surface area contributed by atoms with Gasteiger partial charge in [0.15, 0.2) is 0 Å². The fourth-order valence-corrected chi connectivity index (χ4v) is 2.91. The van der Waals surface area contributed by atoms with Crippen molar-refractivity contribution < 1.29 is 9.90 Å². The van der Waals surface area contributed by atoms with Crippen molar-refractivity contribution >= 4 is 11.6 Å². The SMILES string of the molecule is CCC1C(=O)Nc2ccc(C(O)Cc3ccccc3)cc21. The third-order valence-corrected chi connectivity index (χ3v) is 4.09. The van der Waals surface area contributed by atoms with E-state index in [0.717, 1.165) is 28.8 Å². The molecule has 3 heteroatoms. The van der Waals surface area contributed by atoms with E-state index in [2.05, 4.69) is 5.32 Å². The first-order valence-corrected chi connectivity index (χ1v) is 7.35. The van der Waals surface area contributed by atoms with E-state index in [9.17, 15) is 9.90 Å². The molecular formula is C18H19NO2. The number of anilines is 1. The van der Waals surface area contributed by atoms with Crippen LogP contribution in [0.4, 0.5) is 5.69 Å². The summed E-state index contributed by atoms with van der Waals surface area (Å²) >= 11 is 0. The summed E-state index contributed by atoms with van der Waals surface area (Å²) in [5.41, 5.74) is 3.86. The largest absolute Gasteiger partial charge is 0.388 e. The molecular weight excluding hydrogens is 262 g/mol. The zero-order valence-corrected chi connectivity index (χ0v) is 12.0. The van der Waals surface area contributed by atoms with E-state index in [-0.39, 0.29) is 11.8 Å². The van der Waals surface area contributed by atoms with Crippen molar-refractivity contribution in [3.63, 3.8) is 0 Å². The lowest BCUT2D eigenvalue weighted by Crippen LogP contribution is -2.10. The summed E-state index contributed by atoms with van der Waals surface area (Å²) in [4.78, 5) is 11.9. The van der Waals surface area contributed by atoms with Gasteiger partial charge in [-0.25, -0.2) is 0 Å². The number of aliphatic hydroxyl groups excluding tert-OH is 1. The maximum absolute atomic E-state index is 11.9. The summed E-state index contributed by atoms with van der Waals surface area (Å²) in [6.07, 6.45) is 0.806. The van der Waals surface area contributed by atoms with Gasteiger partial charge >= 0.3 is 0 Å². The predicted molar refractivity (Wildman–Crippen MR) is 83.2 cm³/mol. The number of benzene rings is 2. The lowest BCUT2D eigenvalue weighted by molar-refractivity contribution is -0.117. The second-order valence-electron chi connectivity index (χ2n) is 5.50. The van der Waals surface area contributed by atoms with Crippen LogP contribution < -0.4 is 5.32 Å². The highest BCUT2D eigenvalue weighted by Crippen LogP contribution is 2.36. The molecule has 2 aromatic rings. The first-order valence-electron chi connectivity index (χ1n) is 7.35. The molecule has 1 aliphatic heterocycles. The topological polar surface area (TPSA) is 49.3 Å². The molecule has 2 aromatic carbocycles. The van der Waals surface area contributed by atoms with Crippen molar-refractivity contribution in [1.82, 2.24) is 0 Å². The summed E-state index contributed by atoms with van der Waals surface area (Å²) < 4.78 is 0. The minimum absolute atomic E-state index is 0.0576. The summed E-state index contributed by atoms with van der Waals surface area (Å²) in [6.45, 7) is 2.01. The lowest BCUT2D eigenvalue weighted by atomic mass is 9.93. The van der Waals surface area contributed by atoms with Crippen LogP contribution in [0, 0.1) is 0 Å². The molecule has 3 nitrogen and oxygen atoms in total. The number of amides is 1. The Kier molecular flexibility index (Phi) is 3.76. The molecule has 1 amide bonds. The Morgan fingerprint density at radius 2 is 1.95 bits per heavy atom. The van der Waals surface area contributed by atoms with Crippen LogP contribution in [-0.4, -0.2) is 11.0 Å². The molecule has 1 aliphatic rings. The van der Waals surface area contributed by atoms with Gasteiger partial charge < -0.3 is 10.4 Å². The standard InChI is InChI=1S/C18H19NO2/c1-2-14-15-11-13(8-9-16(15)19-18(14)21)17(20)10-12-6-4-3-5-7-12/h3-9,11,14,17,20H,2,10H2,1H3,(H,19,21). The van der Waals surface area contributed by atoms with Gasteiger partial charge in [-0.05, 0) is 29.2 Å². The normalized spacial score (nSPS) is 18.2. The Labute approximate surface area is 124 Å². The van der Waals surface area contributed by atoms with E-state index in [0.29, 0.717) is 6.42 Å². The minimum atomic E-state index is -0.550. The average molecular weight is 281 g/mol. The van der Waals surface area contributed by atoms with Crippen molar-refractivity contribution in [3.05, 3.63) is 65.2 Å². The van der Waals surface area contributed by atoms with E-state index >= 15 is 0 Å². The number of fused-ring (bicyclic) bond motifs is 1. The van der Waals surface area contributed by atoms with Crippen LogP contribution in [0.15, 0.2) is 48.5 Å². The summed E-state index contributed by atoms with van der Waals surface area (Å²) in [5.74, 6) is -0.0360. The van der Waals surface area contributed by atoms with Gasteiger partial charge in [-0.15, -0.1) is 0 Å². The molecule has 0 fully saturated rings. The smallest absolute Gasteiger partial charge is 0.231 e. The quantitative estimate of drug-likeness (QED) is 0.902. The predicted octanol–water partition coefficient (Wildman–Crippen LogP) is 3.41. The highest BCUT2D eigenvalue weighted by Gasteiger charge is 2.29. The van der Waals surface area contributed by atoms with E-state index in [4.69, 9.17) is 0 Å². The maximum atomic E-state index is 11.9. The fraction of sp³-hybridized carbons (Fsp3) is 0.278. The van der Waals surface area contributed by atoms with Crippen LogP contribution in [0.3, 0.4) is 0 Å². The molecule has 0 spiro atoms. The zero-order chi connectivity index (χ0) is 14.8. The Morgan fingerprint density at radius 1 is 1.19 bits per heavy atom. The lowest BCUT2D eigenvalue weighted by Gasteiger charge is -2.13. The number of nitrogens with one attached hydrogen (secondary N) is 1. The molecule has 0 radical (unpaired) electrons. The Bertz CT molecular complexity index is 652.